The molecule has 1 aromatic rings. The molecule has 0 aliphatic carbocycles. The van der Waals surface area contributed by atoms with Crippen LogP contribution < -0.4 is 10.1 Å². The molecule has 0 radical (unpaired) electrons. The van der Waals surface area contributed by atoms with Crippen LogP contribution in [0.3, 0.4) is 0 Å². The van der Waals surface area contributed by atoms with Crippen LogP contribution in [0.15, 0.2) is 24.3 Å². The summed E-state index contributed by atoms with van der Waals surface area (Å²) in [7, 11) is 1.55. The van der Waals surface area contributed by atoms with Crippen LogP contribution in [0.1, 0.15) is 30.1 Å². The highest BCUT2D eigenvalue weighted by molar-refractivity contribution is 5.92. The Morgan fingerprint density at radius 1 is 1.32 bits per heavy atom. The molecule has 7 nitrogen and oxygen atoms in total. The van der Waals surface area contributed by atoms with Gasteiger partial charge >= 0.3 is 5.97 Å². The number of amides is 1. The van der Waals surface area contributed by atoms with Gasteiger partial charge in [0, 0.05) is 20.3 Å². The molecule has 2 atom stereocenters. The Morgan fingerprint density at radius 3 is 2.72 bits per heavy atom. The number of ether oxygens (including phenoxy) is 4. The van der Waals surface area contributed by atoms with Crippen LogP contribution in [-0.2, 0) is 19.0 Å². The number of rotatable bonds is 9. The molecule has 1 fully saturated rings. The number of carbonyl (C=O) groups excluding carboxylic acids is 2. The van der Waals surface area contributed by atoms with Crippen LogP contribution in [0.2, 0.25) is 0 Å². The molecule has 1 saturated heterocycles. The van der Waals surface area contributed by atoms with Crippen molar-refractivity contribution >= 4 is 11.9 Å². The first-order valence-electron chi connectivity index (χ1n) is 8.42. The van der Waals surface area contributed by atoms with Gasteiger partial charge in [0.1, 0.15) is 12.4 Å². The molecule has 0 unspecified atom stereocenters. The summed E-state index contributed by atoms with van der Waals surface area (Å²) in [5.41, 5.74) is 0.362. The summed E-state index contributed by atoms with van der Waals surface area (Å²) in [5.74, 6) is -0.251. The van der Waals surface area contributed by atoms with E-state index in [2.05, 4.69) is 5.32 Å². The molecule has 25 heavy (non-hydrogen) atoms. The van der Waals surface area contributed by atoms with E-state index >= 15 is 0 Å². The molecule has 1 aliphatic rings. The summed E-state index contributed by atoms with van der Waals surface area (Å²) in [6, 6.07) is 6.63. The minimum absolute atomic E-state index is 0.141. The molecular formula is C18H25NO6. The summed E-state index contributed by atoms with van der Waals surface area (Å²) in [6.45, 7) is 3.59. The predicted octanol–water partition coefficient (Wildman–Crippen LogP) is 1.55. The standard InChI is InChI=1S/C18H25NO6/c1-13(17(20)19-9-11-22-2)25-18(21)14-5-7-15(8-6-14)24-12-16-4-3-10-23-16/h5-8,13,16H,3-4,9-12H2,1-2H3,(H,19,20)/t13-,16+/m0/s1. The minimum atomic E-state index is -0.875. The van der Waals surface area contributed by atoms with Crippen LogP contribution in [0.5, 0.6) is 5.75 Å². The van der Waals surface area contributed by atoms with Gasteiger partial charge in [-0.15, -0.1) is 0 Å². The van der Waals surface area contributed by atoms with Gasteiger partial charge in [-0.2, -0.15) is 0 Å². The van der Waals surface area contributed by atoms with Gasteiger partial charge in [0.05, 0.1) is 18.3 Å². The van der Waals surface area contributed by atoms with E-state index in [1.54, 1.807) is 31.4 Å². The Morgan fingerprint density at radius 2 is 2.08 bits per heavy atom. The molecule has 1 aliphatic heterocycles. The van der Waals surface area contributed by atoms with Crippen molar-refractivity contribution in [3.63, 3.8) is 0 Å². The fraction of sp³-hybridized carbons (Fsp3) is 0.556. The lowest BCUT2D eigenvalue weighted by Gasteiger charge is -2.14. The van der Waals surface area contributed by atoms with Gasteiger partial charge in [-0.1, -0.05) is 0 Å². The monoisotopic (exact) mass is 351 g/mol. The largest absolute Gasteiger partial charge is 0.491 e. The molecule has 0 aromatic heterocycles. The molecule has 1 heterocycles. The van der Waals surface area contributed by atoms with Crippen molar-refractivity contribution in [3.05, 3.63) is 29.8 Å². The number of hydrogen-bond acceptors (Lipinski definition) is 6. The highest BCUT2D eigenvalue weighted by Crippen LogP contribution is 2.17. The van der Waals surface area contributed by atoms with Crippen molar-refractivity contribution in [2.75, 3.05) is 33.5 Å². The van der Waals surface area contributed by atoms with Crippen molar-refractivity contribution in [2.24, 2.45) is 0 Å². The van der Waals surface area contributed by atoms with Gasteiger partial charge in [0.15, 0.2) is 6.10 Å². The van der Waals surface area contributed by atoms with E-state index in [-0.39, 0.29) is 12.0 Å². The highest BCUT2D eigenvalue weighted by Gasteiger charge is 2.19. The van der Waals surface area contributed by atoms with Crippen molar-refractivity contribution in [1.82, 2.24) is 5.32 Å². The summed E-state index contributed by atoms with van der Waals surface area (Å²) >= 11 is 0. The van der Waals surface area contributed by atoms with E-state index in [0.29, 0.717) is 31.1 Å². The number of methoxy groups -OCH3 is 1. The Balaban J connectivity index is 1.77. The fourth-order valence-corrected chi connectivity index (χ4v) is 2.35. The minimum Gasteiger partial charge on any atom is -0.491 e. The number of hydrogen-bond donors (Lipinski definition) is 1. The second-order valence-electron chi connectivity index (χ2n) is 5.80. The third kappa shape index (κ3) is 6.36. The van der Waals surface area contributed by atoms with Crippen molar-refractivity contribution in [2.45, 2.75) is 32.0 Å². The molecule has 1 N–H and O–H groups in total. The predicted molar refractivity (Wildman–Crippen MR) is 90.7 cm³/mol. The zero-order valence-corrected chi connectivity index (χ0v) is 14.7. The maximum absolute atomic E-state index is 12.1. The molecule has 0 spiro atoms. The van der Waals surface area contributed by atoms with E-state index in [1.807, 2.05) is 0 Å². The third-order valence-corrected chi connectivity index (χ3v) is 3.81. The van der Waals surface area contributed by atoms with Crippen molar-refractivity contribution < 1.29 is 28.5 Å². The van der Waals surface area contributed by atoms with E-state index in [4.69, 9.17) is 18.9 Å². The van der Waals surface area contributed by atoms with Gasteiger partial charge in [-0.3, -0.25) is 4.79 Å². The van der Waals surface area contributed by atoms with Gasteiger partial charge in [-0.25, -0.2) is 4.79 Å². The van der Waals surface area contributed by atoms with E-state index in [0.717, 1.165) is 19.4 Å². The second kappa shape index (κ2) is 10.0. The number of nitrogens with one attached hydrogen (secondary N) is 1. The van der Waals surface area contributed by atoms with Crippen LogP contribution in [0, 0.1) is 0 Å². The number of esters is 1. The first kappa shape index (κ1) is 19.2. The normalized spacial score (nSPS) is 17.8. The first-order valence-corrected chi connectivity index (χ1v) is 8.42. The SMILES string of the molecule is COCCNC(=O)[C@H](C)OC(=O)c1ccc(OC[C@H]2CCCO2)cc1. The van der Waals surface area contributed by atoms with Crippen LogP contribution >= 0.6 is 0 Å². The number of carbonyl (C=O) groups is 2. The van der Waals surface area contributed by atoms with E-state index in [9.17, 15) is 9.59 Å². The average molecular weight is 351 g/mol. The average Bonchev–Trinajstić information content (AvgIpc) is 3.14. The van der Waals surface area contributed by atoms with E-state index in [1.165, 1.54) is 6.92 Å². The van der Waals surface area contributed by atoms with E-state index < -0.39 is 12.1 Å². The van der Waals surface area contributed by atoms with Gasteiger partial charge < -0.3 is 24.3 Å². The smallest absolute Gasteiger partial charge is 0.338 e. The first-order chi connectivity index (χ1) is 12.1. The quantitative estimate of drug-likeness (QED) is 0.537. The molecular weight excluding hydrogens is 326 g/mol. The van der Waals surface area contributed by atoms with Crippen molar-refractivity contribution in [1.29, 1.82) is 0 Å². The van der Waals surface area contributed by atoms with Crippen LogP contribution in [0.4, 0.5) is 0 Å². The Labute approximate surface area is 147 Å². The second-order valence-corrected chi connectivity index (χ2v) is 5.80. The van der Waals surface area contributed by atoms with Gasteiger partial charge in [-0.05, 0) is 44.0 Å². The summed E-state index contributed by atoms with van der Waals surface area (Å²) < 4.78 is 21.1. The fourth-order valence-electron chi connectivity index (χ4n) is 2.35. The summed E-state index contributed by atoms with van der Waals surface area (Å²) in [5, 5.41) is 2.62. The maximum Gasteiger partial charge on any atom is 0.338 e. The highest BCUT2D eigenvalue weighted by atomic mass is 16.5. The zero-order valence-electron chi connectivity index (χ0n) is 14.7. The zero-order chi connectivity index (χ0) is 18.1. The van der Waals surface area contributed by atoms with Gasteiger partial charge in [0.25, 0.3) is 5.91 Å². The maximum atomic E-state index is 12.1. The summed E-state index contributed by atoms with van der Waals surface area (Å²) in [4.78, 5) is 23.9. The molecule has 1 amide bonds. The van der Waals surface area contributed by atoms with Gasteiger partial charge in [0.2, 0.25) is 0 Å². The Kier molecular flexibility index (Phi) is 7.69. The van der Waals surface area contributed by atoms with Crippen molar-refractivity contribution in [3.8, 4) is 5.75 Å². The lowest BCUT2D eigenvalue weighted by Crippen LogP contribution is -2.37. The van der Waals surface area contributed by atoms with Crippen LogP contribution in [0.25, 0.3) is 0 Å². The van der Waals surface area contributed by atoms with Crippen LogP contribution in [-0.4, -0.2) is 57.6 Å². The molecule has 2 rings (SSSR count). The third-order valence-electron chi connectivity index (χ3n) is 3.81. The topological polar surface area (TPSA) is 83.1 Å². The molecule has 138 valence electrons. The lowest BCUT2D eigenvalue weighted by molar-refractivity contribution is -0.129. The lowest BCUT2D eigenvalue weighted by atomic mass is 10.2. The Bertz CT molecular complexity index is 553. The molecule has 0 saturated carbocycles. The molecule has 0 bridgehead atoms. The molecule has 7 heteroatoms. The summed E-state index contributed by atoms with van der Waals surface area (Å²) in [6.07, 6.45) is 1.34. The molecule has 1 aromatic carbocycles. The number of benzene rings is 1. The Hall–Kier alpha value is -2.12.